The first-order valence-corrected chi connectivity index (χ1v) is 3.47. The Balaban J connectivity index is 2.76. The van der Waals surface area contributed by atoms with Crippen LogP contribution in [0.3, 0.4) is 0 Å². The molecule has 3 N–H and O–H groups in total. The number of primary amides is 1. The second kappa shape index (κ2) is 3.65. The van der Waals surface area contributed by atoms with Crippen LogP contribution in [0.1, 0.15) is 5.69 Å². The minimum Gasteiger partial charge on any atom is -0.481 e. The van der Waals surface area contributed by atoms with Gasteiger partial charge in [-0.25, -0.2) is 4.68 Å². The standard InChI is InChI=1S/C6H8N4O3/c7-5(11)3-10-4(1-6(12)13)2-8-9-10/h2H,1,3H2,(H2,7,11)(H,12,13). The third-order valence-corrected chi connectivity index (χ3v) is 1.34. The highest BCUT2D eigenvalue weighted by Crippen LogP contribution is 1.96. The van der Waals surface area contributed by atoms with E-state index in [9.17, 15) is 9.59 Å². The van der Waals surface area contributed by atoms with Crippen molar-refractivity contribution in [1.82, 2.24) is 15.0 Å². The van der Waals surface area contributed by atoms with Gasteiger partial charge in [0, 0.05) is 0 Å². The van der Waals surface area contributed by atoms with Crippen molar-refractivity contribution in [3.8, 4) is 0 Å². The Kier molecular flexibility index (Phi) is 2.58. The summed E-state index contributed by atoms with van der Waals surface area (Å²) in [6.45, 7) is -0.150. The summed E-state index contributed by atoms with van der Waals surface area (Å²) in [5.41, 5.74) is 5.26. The summed E-state index contributed by atoms with van der Waals surface area (Å²) >= 11 is 0. The van der Waals surface area contributed by atoms with Crippen LogP contribution in [0.15, 0.2) is 6.20 Å². The fraction of sp³-hybridized carbons (Fsp3) is 0.333. The van der Waals surface area contributed by atoms with Crippen molar-refractivity contribution >= 4 is 11.9 Å². The zero-order valence-corrected chi connectivity index (χ0v) is 6.67. The van der Waals surface area contributed by atoms with Gasteiger partial charge in [0.05, 0.1) is 18.3 Å². The number of carboxylic acid groups (broad SMARTS) is 1. The molecule has 1 aromatic rings. The topological polar surface area (TPSA) is 111 Å². The zero-order chi connectivity index (χ0) is 9.84. The fourth-order valence-electron chi connectivity index (χ4n) is 0.852. The third-order valence-electron chi connectivity index (χ3n) is 1.34. The third kappa shape index (κ3) is 2.55. The highest BCUT2D eigenvalue weighted by Gasteiger charge is 2.09. The van der Waals surface area contributed by atoms with Crippen LogP contribution < -0.4 is 5.73 Å². The number of aromatic nitrogens is 3. The molecule has 0 fully saturated rings. The number of nitrogens with zero attached hydrogens (tertiary/aromatic N) is 3. The molecule has 1 heterocycles. The number of aliphatic carboxylic acids is 1. The molecule has 0 spiro atoms. The van der Waals surface area contributed by atoms with E-state index in [1.54, 1.807) is 0 Å². The summed E-state index contributed by atoms with van der Waals surface area (Å²) < 4.78 is 1.16. The molecule has 0 radical (unpaired) electrons. The van der Waals surface area contributed by atoms with Crippen molar-refractivity contribution in [1.29, 1.82) is 0 Å². The highest BCUT2D eigenvalue weighted by molar-refractivity contribution is 5.74. The summed E-state index contributed by atoms with van der Waals surface area (Å²) in [5, 5.41) is 15.4. The number of nitrogens with two attached hydrogens (primary N) is 1. The van der Waals surface area contributed by atoms with E-state index in [1.807, 2.05) is 0 Å². The second-order valence-corrected chi connectivity index (χ2v) is 2.42. The molecule has 1 amide bonds. The first kappa shape index (κ1) is 9.17. The quantitative estimate of drug-likeness (QED) is 0.584. The molecule has 0 saturated heterocycles. The molecule has 0 bridgehead atoms. The van der Waals surface area contributed by atoms with Crippen LogP contribution >= 0.6 is 0 Å². The molecule has 13 heavy (non-hydrogen) atoms. The van der Waals surface area contributed by atoms with Crippen molar-refractivity contribution in [2.24, 2.45) is 5.73 Å². The van der Waals surface area contributed by atoms with Crippen LogP contribution in [-0.4, -0.2) is 32.0 Å². The number of amides is 1. The van der Waals surface area contributed by atoms with Gasteiger partial charge in [-0.3, -0.25) is 9.59 Å². The molecule has 1 rings (SSSR count). The van der Waals surface area contributed by atoms with Crippen LogP contribution in [0.25, 0.3) is 0 Å². The number of hydrogen-bond donors (Lipinski definition) is 2. The Morgan fingerprint density at radius 2 is 2.31 bits per heavy atom. The fourth-order valence-corrected chi connectivity index (χ4v) is 0.852. The highest BCUT2D eigenvalue weighted by atomic mass is 16.4. The van der Waals surface area contributed by atoms with E-state index in [0.717, 1.165) is 4.68 Å². The first-order chi connectivity index (χ1) is 6.09. The average molecular weight is 184 g/mol. The molecular weight excluding hydrogens is 176 g/mol. The van der Waals surface area contributed by atoms with Gasteiger partial charge in [0.15, 0.2) is 0 Å². The summed E-state index contributed by atoms with van der Waals surface area (Å²) in [6.07, 6.45) is 1.07. The van der Waals surface area contributed by atoms with E-state index in [1.165, 1.54) is 6.20 Å². The molecule has 70 valence electrons. The monoisotopic (exact) mass is 184 g/mol. The van der Waals surface area contributed by atoms with Gasteiger partial charge < -0.3 is 10.8 Å². The lowest BCUT2D eigenvalue weighted by molar-refractivity contribution is -0.136. The van der Waals surface area contributed by atoms with Gasteiger partial charge >= 0.3 is 5.97 Å². The number of carboxylic acids is 1. The lowest BCUT2D eigenvalue weighted by Crippen LogP contribution is -2.21. The largest absolute Gasteiger partial charge is 0.481 e. The van der Waals surface area contributed by atoms with Gasteiger partial charge in [-0.2, -0.15) is 0 Å². The van der Waals surface area contributed by atoms with E-state index in [4.69, 9.17) is 10.8 Å². The van der Waals surface area contributed by atoms with Crippen molar-refractivity contribution in [3.63, 3.8) is 0 Å². The second-order valence-electron chi connectivity index (χ2n) is 2.42. The smallest absolute Gasteiger partial charge is 0.309 e. The van der Waals surface area contributed by atoms with Crippen molar-refractivity contribution in [2.75, 3.05) is 0 Å². The van der Waals surface area contributed by atoms with Crippen LogP contribution in [0.4, 0.5) is 0 Å². The number of rotatable bonds is 4. The predicted molar refractivity (Wildman–Crippen MR) is 40.6 cm³/mol. The van der Waals surface area contributed by atoms with E-state index in [-0.39, 0.29) is 13.0 Å². The van der Waals surface area contributed by atoms with Crippen LogP contribution in [-0.2, 0) is 22.6 Å². The maximum atomic E-state index is 10.5. The number of hydrogen-bond acceptors (Lipinski definition) is 4. The molecule has 0 aliphatic rings. The van der Waals surface area contributed by atoms with Gasteiger partial charge in [-0.1, -0.05) is 5.21 Å². The Morgan fingerprint density at radius 3 is 2.85 bits per heavy atom. The van der Waals surface area contributed by atoms with E-state index >= 15 is 0 Å². The summed E-state index contributed by atoms with van der Waals surface area (Å²) in [6, 6.07) is 0. The molecule has 0 unspecified atom stereocenters. The molecule has 0 saturated carbocycles. The van der Waals surface area contributed by atoms with Crippen LogP contribution in [0.2, 0.25) is 0 Å². The molecule has 0 aliphatic carbocycles. The predicted octanol–water partition coefficient (Wildman–Crippen LogP) is -1.61. The normalized spacial score (nSPS) is 9.85. The van der Waals surface area contributed by atoms with Crippen molar-refractivity contribution in [3.05, 3.63) is 11.9 Å². The van der Waals surface area contributed by atoms with Gasteiger partial charge in [-0.15, -0.1) is 5.10 Å². The van der Waals surface area contributed by atoms with Crippen LogP contribution in [0.5, 0.6) is 0 Å². The maximum Gasteiger partial charge on any atom is 0.309 e. The number of carbonyl (C=O) groups is 2. The Hall–Kier alpha value is -1.92. The molecule has 7 heteroatoms. The zero-order valence-electron chi connectivity index (χ0n) is 6.67. The lowest BCUT2D eigenvalue weighted by atomic mass is 10.3. The molecule has 0 aliphatic heterocycles. The Labute approximate surface area is 73.1 Å². The van der Waals surface area contributed by atoms with Gasteiger partial charge in [0.1, 0.15) is 6.54 Å². The minimum atomic E-state index is -1.01. The lowest BCUT2D eigenvalue weighted by Gasteiger charge is -1.99. The number of carbonyl (C=O) groups excluding carboxylic acids is 1. The SMILES string of the molecule is NC(=O)Cn1nncc1CC(=O)O. The van der Waals surface area contributed by atoms with E-state index in [0.29, 0.717) is 5.69 Å². The summed E-state index contributed by atoms with van der Waals surface area (Å²) in [4.78, 5) is 20.8. The molecular formula is C6H8N4O3. The molecule has 1 aromatic heterocycles. The molecule has 0 aromatic carbocycles. The van der Waals surface area contributed by atoms with Crippen LogP contribution in [0, 0.1) is 0 Å². The van der Waals surface area contributed by atoms with E-state index < -0.39 is 11.9 Å². The van der Waals surface area contributed by atoms with Gasteiger partial charge in [0.2, 0.25) is 5.91 Å². The Morgan fingerprint density at radius 1 is 1.62 bits per heavy atom. The molecule has 7 nitrogen and oxygen atoms in total. The average Bonchev–Trinajstić information content (AvgIpc) is 2.34. The minimum absolute atomic E-state index is 0.150. The van der Waals surface area contributed by atoms with E-state index in [2.05, 4.69) is 10.3 Å². The maximum absolute atomic E-state index is 10.5. The summed E-state index contributed by atoms with van der Waals surface area (Å²) in [5.74, 6) is -1.59. The first-order valence-electron chi connectivity index (χ1n) is 3.47. The van der Waals surface area contributed by atoms with Crippen molar-refractivity contribution < 1.29 is 14.7 Å². The Bertz CT molecular complexity index is 302. The van der Waals surface area contributed by atoms with Gasteiger partial charge in [-0.05, 0) is 0 Å². The summed E-state index contributed by atoms with van der Waals surface area (Å²) in [7, 11) is 0. The van der Waals surface area contributed by atoms with Gasteiger partial charge in [0.25, 0.3) is 0 Å². The van der Waals surface area contributed by atoms with Crippen molar-refractivity contribution in [2.45, 2.75) is 13.0 Å². The molecule has 0 atom stereocenters.